The van der Waals surface area contributed by atoms with Gasteiger partial charge in [-0.25, -0.2) is 4.79 Å². The summed E-state index contributed by atoms with van der Waals surface area (Å²) >= 11 is 1.50. The molecule has 0 fully saturated rings. The van der Waals surface area contributed by atoms with E-state index in [0.29, 0.717) is 29.7 Å². The predicted molar refractivity (Wildman–Crippen MR) is 121 cm³/mol. The Morgan fingerprint density at radius 1 is 1.20 bits per heavy atom. The van der Waals surface area contributed by atoms with Crippen molar-refractivity contribution in [2.75, 3.05) is 30.4 Å². The number of hydrogen-bond acceptors (Lipinski definition) is 6. The van der Waals surface area contributed by atoms with E-state index in [2.05, 4.69) is 24.5 Å². The molecule has 1 aliphatic carbocycles. The van der Waals surface area contributed by atoms with Gasteiger partial charge in [0.25, 0.3) is 0 Å². The monoisotopic (exact) mass is 430 g/mol. The number of rotatable bonds is 9. The fourth-order valence-electron chi connectivity index (χ4n) is 3.50. The van der Waals surface area contributed by atoms with Gasteiger partial charge in [-0.1, -0.05) is 13.8 Å². The maximum atomic E-state index is 12.6. The third-order valence-corrected chi connectivity index (χ3v) is 6.19. The van der Waals surface area contributed by atoms with E-state index in [0.717, 1.165) is 42.7 Å². The van der Waals surface area contributed by atoms with Crippen LogP contribution < -0.4 is 15.4 Å². The zero-order valence-electron chi connectivity index (χ0n) is 17.9. The second kappa shape index (κ2) is 10.5. The molecule has 2 aromatic rings. The fourth-order valence-corrected chi connectivity index (χ4v) is 4.92. The number of carbonyl (C=O) groups is 2. The molecule has 3 rings (SSSR count). The predicted octanol–water partition coefficient (Wildman–Crippen LogP) is 4.89. The number of nitrogens with one attached hydrogen (secondary N) is 2. The van der Waals surface area contributed by atoms with Crippen molar-refractivity contribution < 1.29 is 19.1 Å². The minimum absolute atomic E-state index is 0.108. The van der Waals surface area contributed by atoms with Gasteiger partial charge in [-0.3, -0.25) is 4.79 Å². The van der Waals surface area contributed by atoms with E-state index in [1.165, 1.54) is 16.2 Å². The highest BCUT2D eigenvalue weighted by Crippen LogP contribution is 2.40. The van der Waals surface area contributed by atoms with Crippen molar-refractivity contribution in [2.45, 2.75) is 46.5 Å². The van der Waals surface area contributed by atoms with Crippen LogP contribution in [0.2, 0.25) is 0 Å². The first kappa shape index (κ1) is 22.2. The first-order valence-electron chi connectivity index (χ1n) is 10.6. The Hall–Kier alpha value is -2.54. The lowest BCUT2D eigenvalue weighted by Crippen LogP contribution is -2.22. The molecule has 1 amide bonds. The zero-order valence-corrected chi connectivity index (χ0v) is 18.7. The third-order valence-electron chi connectivity index (χ3n) is 5.02. The molecule has 0 saturated carbocycles. The van der Waals surface area contributed by atoms with Gasteiger partial charge >= 0.3 is 5.97 Å². The van der Waals surface area contributed by atoms with E-state index in [1.807, 2.05) is 24.3 Å². The summed E-state index contributed by atoms with van der Waals surface area (Å²) in [7, 11) is 0. The average molecular weight is 431 g/mol. The maximum absolute atomic E-state index is 12.6. The Balaban J connectivity index is 1.65. The fraction of sp³-hybridized carbons (Fsp3) is 0.478. The number of esters is 1. The molecule has 2 N–H and O–H groups in total. The lowest BCUT2D eigenvalue weighted by atomic mass is 9.88. The smallest absolute Gasteiger partial charge is 0.341 e. The molecule has 6 nitrogen and oxygen atoms in total. The van der Waals surface area contributed by atoms with Gasteiger partial charge < -0.3 is 20.1 Å². The summed E-state index contributed by atoms with van der Waals surface area (Å²) in [6.45, 7) is 7.17. The Morgan fingerprint density at radius 3 is 2.67 bits per heavy atom. The molecule has 1 aliphatic rings. The molecule has 7 heteroatoms. The highest BCUT2D eigenvalue weighted by atomic mass is 32.1. The molecule has 162 valence electrons. The van der Waals surface area contributed by atoms with Crippen molar-refractivity contribution in [3.63, 3.8) is 0 Å². The summed E-state index contributed by atoms with van der Waals surface area (Å²) in [4.78, 5) is 26.3. The normalized spacial score (nSPS) is 15.2. The van der Waals surface area contributed by atoms with Crippen molar-refractivity contribution in [1.29, 1.82) is 0 Å². The van der Waals surface area contributed by atoms with Crippen LogP contribution in [0.15, 0.2) is 24.3 Å². The third kappa shape index (κ3) is 5.53. The number of thiophene rings is 1. The quantitative estimate of drug-likeness (QED) is 0.554. The number of fused-ring (bicyclic) bond motifs is 1. The minimum Gasteiger partial charge on any atom is -0.494 e. The van der Waals surface area contributed by atoms with Gasteiger partial charge in [0.2, 0.25) is 5.91 Å². The van der Waals surface area contributed by atoms with Crippen LogP contribution in [0.3, 0.4) is 0 Å². The second-order valence-electron chi connectivity index (χ2n) is 7.55. The van der Waals surface area contributed by atoms with Crippen LogP contribution in [-0.2, 0) is 22.4 Å². The van der Waals surface area contributed by atoms with Crippen LogP contribution >= 0.6 is 11.3 Å². The zero-order chi connectivity index (χ0) is 21.5. The summed E-state index contributed by atoms with van der Waals surface area (Å²) in [6.07, 6.45) is 3.79. The van der Waals surface area contributed by atoms with E-state index in [4.69, 9.17) is 9.47 Å². The van der Waals surface area contributed by atoms with E-state index >= 15 is 0 Å². The molecule has 0 spiro atoms. The molecule has 1 aromatic carbocycles. The number of amides is 1. The van der Waals surface area contributed by atoms with Crippen molar-refractivity contribution in [2.24, 2.45) is 5.92 Å². The molecule has 1 aromatic heterocycles. The van der Waals surface area contributed by atoms with E-state index in [9.17, 15) is 9.59 Å². The lowest BCUT2D eigenvalue weighted by Gasteiger charge is -2.18. The first-order chi connectivity index (χ1) is 14.5. The molecule has 0 radical (unpaired) electrons. The Labute approximate surface area is 182 Å². The summed E-state index contributed by atoms with van der Waals surface area (Å²) in [5.74, 6) is 0.846. The summed E-state index contributed by atoms with van der Waals surface area (Å²) in [5.41, 5.74) is 2.41. The van der Waals surface area contributed by atoms with Gasteiger partial charge in [0.05, 0.1) is 25.3 Å². The molecule has 0 saturated heterocycles. The Bertz CT molecular complexity index is 876. The summed E-state index contributed by atoms with van der Waals surface area (Å²) in [5, 5.41) is 6.63. The topological polar surface area (TPSA) is 76.7 Å². The molecule has 0 bridgehead atoms. The second-order valence-corrected chi connectivity index (χ2v) is 8.66. The number of benzene rings is 1. The van der Waals surface area contributed by atoms with Gasteiger partial charge in [0.1, 0.15) is 10.8 Å². The van der Waals surface area contributed by atoms with Gasteiger partial charge in [-0.15, -0.1) is 11.3 Å². The molecular weight excluding hydrogens is 400 g/mol. The van der Waals surface area contributed by atoms with Crippen LogP contribution in [-0.4, -0.2) is 31.6 Å². The van der Waals surface area contributed by atoms with Crippen molar-refractivity contribution in [3.05, 3.63) is 40.3 Å². The highest BCUT2D eigenvalue weighted by Gasteiger charge is 2.29. The summed E-state index contributed by atoms with van der Waals surface area (Å²) in [6, 6.07) is 7.52. The number of carbonyl (C=O) groups excluding carboxylic acids is 2. The highest BCUT2D eigenvalue weighted by molar-refractivity contribution is 7.17. The van der Waals surface area contributed by atoms with Crippen LogP contribution in [0.1, 0.15) is 54.4 Å². The molecule has 30 heavy (non-hydrogen) atoms. The SMILES string of the molecule is CCCOc1ccc(NCC(=O)Nc2sc3c(c2C(=O)OCC)CCC(C)C3)cc1. The molecule has 1 unspecified atom stereocenters. The molecule has 1 atom stereocenters. The van der Waals surface area contributed by atoms with Crippen molar-refractivity contribution >= 4 is 33.9 Å². The average Bonchev–Trinajstić information content (AvgIpc) is 3.08. The maximum Gasteiger partial charge on any atom is 0.341 e. The van der Waals surface area contributed by atoms with Gasteiger partial charge in [-0.2, -0.15) is 0 Å². The number of ether oxygens (including phenoxy) is 2. The van der Waals surface area contributed by atoms with E-state index < -0.39 is 0 Å². The van der Waals surface area contributed by atoms with Crippen LogP contribution in [0.5, 0.6) is 5.75 Å². The van der Waals surface area contributed by atoms with Gasteiger partial charge in [-0.05, 0) is 68.4 Å². The summed E-state index contributed by atoms with van der Waals surface area (Å²) < 4.78 is 10.8. The molecular formula is C23H30N2O4S. The van der Waals surface area contributed by atoms with Gasteiger partial charge in [0, 0.05) is 10.6 Å². The number of hydrogen-bond donors (Lipinski definition) is 2. The minimum atomic E-state index is -0.351. The van der Waals surface area contributed by atoms with Crippen molar-refractivity contribution in [1.82, 2.24) is 0 Å². The van der Waals surface area contributed by atoms with Crippen molar-refractivity contribution in [3.8, 4) is 5.75 Å². The molecule has 0 aliphatic heterocycles. The van der Waals surface area contributed by atoms with E-state index in [1.54, 1.807) is 6.92 Å². The largest absolute Gasteiger partial charge is 0.494 e. The van der Waals surface area contributed by atoms with Crippen LogP contribution in [0, 0.1) is 5.92 Å². The first-order valence-corrected chi connectivity index (χ1v) is 11.4. The molecule has 1 heterocycles. The van der Waals surface area contributed by atoms with Crippen LogP contribution in [0.25, 0.3) is 0 Å². The standard InChI is InChI=1S/C23H30N2O4S/c1-4-12-29-17-9-7-16(8-10-17)24-14-20(26)25-22-21(23(27)28-5-2)18-11-6-15(3)13-19(18)30-22/h7-10,15,24H,4-6,11-14H2,1-3H3,(H,25,26). The van der Waals surface area contributed by atoms with E-state index in [-0.39, 0.29) is 18.4 Å². The lowest BCUT2D eigenvalue weighted by molar-refractivity contribution is -0.114. The number of anilines is 2. The Morgan fingerprint density at radius 2 is 1.97 bits per heavy atom. The van der Waals surface area contributed by atoms with Crippen LogP contribution in [0.4, 0.5) is 10.7 Å². The Kier molecular flexibility index (Phi) is 7.74. The van der Waals surface area contributed by atoms with Gasteiger partial charge in [0.15, 0.2) is 0 Å².